The van der Waals surface area contributed by atoms with Gasteiger partial charge in [0, 0.05) is 31.7 Å². The number of carbonyl (C=O) groups is 3. The molecule has 1 aromatic carbocycles. The number of nitrogens with zero attached hydrogens (tertiary/aromatic N) is 2. The standard InChI is InChI=1S/C28H43N3O4/c1-19(2)16-25-27(33)31(15-12-29-25)26(17-20(3)4)28(34)30-13-10-22(11-14-30)18-35-24-8-6-23(7-9-24)21(5)32/h6-9,19-20,22,25-26,29H,10-18H2,1-5H3/t25-,26?/m0/s1. The van der Waals surface area contributed by atoms with Crippen molar-refractivity contribution in [2.24, 2.45) is 17.8 Å². The highest BCUT2D eigenvalue weighted by molar-refractivity contribution is 5.94. The minimum absolute atomic E-state index is 0.0438. The van der Waals surface area contributed by atoms with E-state index < -0.39 is 0 Å². The molecule has 7 heteroatoms. The van der Waals surface area contributed by atoms with Crippen LogP contribution < -0.4 is 10.1 Å². The number of likely N-dealkylation sites (tertiary alicyclic amines) is 1. The molecule has 1 N–H and O–H groups in total. The second kappa shape index (κ2) is 12.5. The van der Waals surface area contributed by atoms with Crippen molar-refractivity contribution in [3.05, 3.63) is 29.8 Å². The van der Waals surface area contributed by atoms with Gasteiger partial charge in [0.25, 0.3) is 0 Å². The number of rotatable bonds is 10. The second-order valence-electron chi connectivity index (χ2n) is 11.0. The first-order chi connectivity index (χ1) is 16.7. The van der Waals surface area contributed by atoms with Crippen LogP contribution in [0.2, 0.25) is 0 Å². The van der Waals surface area contributed by atoms with Gasteiger partial charge in [0.05, 0.1) is 12.6 Å². The summed E-state index contributed by atoms with van der Waals surface area (Å²) in [7, 11) is 0. The van der Waals surface area contributed by atoms with Crippen molar-refractivity contribution in [3.63, 3.8) is 0 Å². The van der Waals surface area contributed by atoms with E-state index in [1.807, 2.05) is 21.9 Å². The Labute approximate surface area is 210 Å². The summed E-state index contributed by atoms with van der Waals surface area (Å²) in [6, 6.07) is 6.67. The zero-order valence-corrected chi connectivity index (χ0v) is 22.1. The van der Waals surface area contributed by atoms with Gasteiger partial charge in [-0.1, -0.05) is 27.7 Å². The molecule has 0 spiro atoms. The van der Waals surface area contributed by atoms with Gasteiger partial charge in [-0.2, -0.15) is 0 Å². The molecule has 194 valence electrons. The number of ketones is 1. The zero-order valence-electron chi connectivity index (χ0n) is 22.1. The third kappa shape index (κ3) is 7.53. The van der Waals surface area contributed by atoms with Crippen molar-refractivity contribution >= 4 is 17.6 Å². The first kappa shape index (κ1) is 27.2. The van der Waals surface area contributed by atoms with Crippen molar-refractivity contribution in [2.45, 2.75) is 72.4 Å². The lowest BCUT2D eigenvalue weighted by atomic mass is 9.94. The summed E-state index contributed by atoms with van der Waals surface area (Å²) in [5.41, 5.74) is 0.679. The van der Waals surface area contributed by atoms with Gasteiger partial charge < -0.3 is 19.9 Å². The van der Waals surface area contributed by atoms with E-state index in [4.69, 9.17) is 4.74 Å². The lowest BCUT2D eigenvalue weighted by Crippen LogP contribution is -2.62. The van der Waals surface area contributed by atoms with Gasteiger partial charge in [0.2, 0.25) is 11.8 Å². The molecule has 2 saturated heterocycles. The smallest absolute Gasteiger partial charge is 0.245 e. The van der Waals surface area contributed by atoms with E-state index in [2.05, 4.69) is 33.0 Å². The maximum absolute atomic E-state index is 13.6. The number of amides is 2. The first-order valence-corrected chi connectivity index (χ1v) is 13.2. The number of carbonyl (C=O) groups excluding carboxylic acids is 3. The second-order valence-corrected chi connectivity index (χ2v) is 11.0. The Morgan fingerprint density at radius 1 is 1.03 bits per heavy atom. The Kier molecular flexibility index (Phi) is 9.72. The van der Waals surface area contributed by atoms with Crippen LogP contribution in [-0.4, -0.2) is 72.3 Å². The van der Waals surface area contributed by atoms with Crippen LogP contribution in [0.5, 0.6) is 5.75 Å². The molecule has 35 heavy (non-hydrogen) atoms. The minimum atomic E-state index is -0.383. The Bertz CT molecular complexity index is 859. The van der Waals surface area contributed by atoms with Gasteiger partial charge in [0.1, 0.15) is 11.8 Å². The Morgan fingerprint density at radius 3 is 2.26 bits per heavy atom. The normalized spacial score (nSPS) is 20.4. The number of benzene rings is 1. The first-order valence-electron chi connectivity index (χ1n) is 13.2. The van der Waals surface area contributed by atoms with E-state index in [1.165, 1.54) is 0 Å². The molecule has 3 rings (SSSR count). The van der Waals surface area contributed by atoms with Gasteiger partial charge in [-0.15, -0.1) is 0 Å². The third-order valence-corrected chi connectivity index (χ3v) is 7.06. The Balaban J connectivity index is 1.56. The van der Waals surface area contributed by atoms with E-state index in [-0.39, 0.29) is 29.7 Å². The summed E-state index contributed by atoms with van der Waals surface area (Å²) in [4.78, 5) is 42.1. The quantitative estimate of drug-likeness (QED) is 0.511. The fraction of sp³-hybridized carbons (Fsp3) is 0.679. The fourth-order valence-electron chi connectivity index (χ4n) is 5.06. The highest BCUT2D eigenvalue weighted by atomic mass is 16.5. The van der Waals surface area contributed by atoms with Crippen molar-refractivity contribution in [1.29, 1.82) is 0 Å². The molecule has 0 radical (unpaired) electrons. The van der Waals surface area contributed by atoms with Crippen LogP contribution in [0, 0.1) is 17.8 Å². The van der Waals surface area contributed by atoms with Gasteiger partial charge in [-0.25, -0.2) is 0 Å². The molecule has 1 unspecified atom stereocenters. The summed E-state index contributed by atoms with van der Waals surface area (Å²) in [6.07, 6.45) is 3.26. The molecule has 0 saturated carbocycles. The van der Waals surface area contributed by atoms with E-state index in [1.54, 1.807) is 19.1 Å². The predicted octanol–water partition coefficient (Wildman–Crippen LogP) is 3.77. The Morgan fingerprint density at radius 2 is 1.69 bits per heavy atom. The van der Waals surface area contributed by atoms with Crippen LogP contribution in [-0.2, 0) is 9.59 Å². The topological polar surface area (TPSA) is 79.0 Å². The lowest BCUT2D eigenvalue weighted by molar-refractivity contribution is -0.150. The zero-order chi connectivity index (χ0) is 25.5. The number of hydrogen-bond acceptors (Lipinski definition) is 5. The summed E-state index contributed by atoms with van der Waals surface area (Å²) < 4.78 is 5.95. The summed E-state index contributed by atoms with van der Waals surface area (Å²) >= 11 is 0. The summed E-state index contributed by atoms with van der Waals surface area (Å²) in [6.45, 7) is 13.3. The molecule has 2 fully saturated rings. The van der Waals surface area contributed by atoms with Crippen LogP contribution in [0.3, 0.4) is 0 Å². The molecule has 7 nitrogen and oxygen atoms in total. The molecule has 1 aromatic rings. The van der Waals surface area contributed by atoms with Gasteiger partial charge in [-0.05, 0) is 74.6 Å². The van der Waals surface area contributed by atoms with Crippen LogP contribution in [0.15, 0.2) is 24.3 Å². The van der Waals surface area contributed by atoms with Crippen molar-refractivity contribution in [2.75, 3.05) is 32.8 Å². The molecule has 0 aromatic heterocycles. The molecule has 2 atom stereocenters. The molecule has 0 aliphatic carbocycles. The maximum atomic E-state index is 13.6. The molecule has 2 amide bonds. The monoisotopic (exact) mass is 485 g/mol. The summed E-state index contributed by atoms with van der Waals surface area (Å²) in [5, 5.41) is 3.35. The fourth-order valence-corrected chi connectivity index (χ4v) is 5.06. The highest BCUT2D eigenvalue weighted by Crippen LogP contribution is 2.24. The van der Waals surface area contributed by atoms with Gasteiger partial charge in [-0.3, -0.25) is 14.4 Å². The van der Waals surface area contributed by atoms with Gasteiger partial charge >= 0.3 is 0 Å². The SMILES string of the molecule is CC(=O)c1ccc(OCC2CCN(C(=O)C(CC(C)C)N3CCN[C@@H](CC(C)C)C3=O)CC2)cc1. The molecule has 0 bridgehead atoms. The Hall–Kier alpha value is -2.41. The van der Waals surface area contributed by atoms with Crippen LogP contribution in [0.1, 0.15) is 70.7 Å². The number of hydrogen-bond donors (Lipinski definition) is 1. The predicted molar refractivity (Wildman–Crippen MR) is 137 cm³/mol. The number of Topliss-reactive ketones (excluding diaryl/α,β-unsaturated/α-hetero) is 1. The molecular formula is C28H43N3O4. The average Bonchev–Trinajstić information content (AvgIpc) is 2.82. The molecule has 2 aliphatic rings. The summed E-state index contributed by atoms with van der Waals surface area (Å²) in [5.74, 6) is 2.10. The van der Waals surface area contributed by atoms with Crippen LogP contribution in [0.25, 0.3) is 0 Å². The third-order valence-electron chi connectivity index (χ3n) is 7.06. The molecule has 2 heterocycles. The number of piperazine rings is 1. The van der Waals surface area contributed by atoms with Crippen LogP contribution >= 0.6 is 0 Å². The van der Waals surface area contributed by atoms with Crippen molar-refractivity contribution in [1.82, 2.24) is 15.1 Å². The maximum Gasteiger partial charge on any atom is 0.245 e. The van der Waals surface area contributed by atoms with Crippen molar-refractivity contribution in [3.8, 4) is 5.75 Å². The van der Waals surface area contributed by atoms with E-state index in [0.717, 1.165) is 31.6 Å². The van der Waals surface area contributed by atoms with Gasteiger partial charge in [0.15, 0.2) is 5.78 Å². The van der Waals surface area contributed by atoms with E-state index in [0.29, 0.717) is 56.0 Å². The number of nitrogens with one attached hydrogen (secondary N) is 1. The van der Waals surface area contributed by atoms with E-state index in [9.17, 15) is 14.4 Å². The van der Waals surface area contributed by atoms with Crippen molar-refractivity contribution < 1.29 is 19.1 Å². The van der Waals surface area contributed by atoms with Crippen LogP contribution in [0.4, 0.5) is 0 Å². The lowest BCUT2D eigenvalue weighted by Gasteiger charge is -2.42. The highest BCUT2D eigenvalue weighted by Gasteiger charge is 2.39. The van der Waals surface area contributed by atoms with E-state index >= 15 is 0 Å². The molecule has 2 aliphatic heterocycles. The number of piperidine rings is 1. The average molecular weight is 486 g/mol. The number of ether oxygens (including phenoxy) is 1. The minimum Gasteiger partial charge on any atom is -0.493 e. The molecular weight excluding hydrogens is 442 g/mol. The largest absolute Gasteiger partial charge is 0.493 e.